The highest BCUT2D eigenvalue weighted by atomic mass is 16.5. The number of carbonyl (C=O) groups is 1. The van der Waals surface area contributed by atoms with Gasteiger partial charge >= 0.3 is 0 Å². The second kappa shape index (κ2) is 5.05. The van der Waals surface area contributed by atoms with Gasteiger partial charge in [-0.1, -0.05) is 24.3 Å². The number of methoxy groups -OCH3 is 1. The number of aryl methyl sites for hydroxylation is 1. The van der Waals surface area contributed by atoms with E-state index in [1.807, 2.05) is 43.3 Å². The third kappa shape index (κ3) is 2.43. The van der Waals surface area contributed by atoms with Gasteiger partial charge in [-0.3, -0.25) is 4.79 Å². The van der Waals surface area contributed by atoms with E-state index in [0.717, 1.165) is 28.0 Å². The van der Waals surface area contributed by atoms with Crippen LogP contribution in [0, 0.1) is 6.92 Å². The lowest BCUT2D eigenvalue weighted by atomic mass is 10.00. The van der Waals surface area contributed by atoms with Gasteiger partial charge in [0, 0.05) is 5.56 Å². The van der Waals surface area contributed by atoms with Gasteiger partial charge in [-0.15, -0.1) is 0 Å². The second-order valence-electron chi connectivity index (χ2n) is 4.32. The van der Waals surface area contributed by atoms with Crippen molar-refractivity contribution in [1.29, 1.82) is 0 Å². The van der Waals surface area contributed by atoms with Crippen LogP contribution in [0.15, 0.2) is 42.5 Å². The molecule has 0 heterocycles. The Balaban J connectivity index is 2.45. The monoisotopic (exact) mass is 240 g/mol. The summed E-state index contributed by atoms with van der Waals surface area (Å²) in [6, 6.07) is 13.7. The van der Waals surface area contributed by atoms with Crippen molar-refractivity contribution in [2.24, 2.45) is 0 Å². The third-order valence-electron chi connectivity index (χ3n) is 3.00. The lowest BCUT2D eigenvalue weighted by Gasteiger charge is -2.08. The summed E-state index contributed by atoms with van der Waals surface area (Å²) in [6.07, 6.45) is 0. The molecule has 0 spiro atoms. The number of hydrogen-bond donors (Lipinski definition) is 0. The number of ketones is 1. The lowest BCUT2D eigenvalue weighted by Crippen LogP contribution is -1.92. The van der Waals surface area contributed by atoms with Crippen LogP contribution < -0.4 is 4.74 Å². The molecular weight excluding hydrogens is 224 g/mol. The standard InChI is InChI=1S/C16H16O2/c1-11-9-15(7-8-16(11)18-3)14-6-4-5-13(10-14)12(2)17/h4-10H,1-3H3. The minimum Gasteiger partial charge on any atom is -0.496 e. The van der Waals surface area contributed by atoms with E-state index in [1.54, 1.807) is 14.0 Å². The van der Waals surface area contributed by atoms with E-state index < -0.39 is 0 Å². The Labute approximate surface area is 107 Å². The first kappa shape index (κ1) is 12.4. The average Bonchev–Trinajstić information content (AvgIpc) is 2.38. The van der Waals surface area contributed by atoms with Crippen LogP contribution in [0.2, 0.25) is 0 Å². The summed E-state index contributed by atoms with van der Waals surface area (Å²) in [5.74, 6) is 0.962. The molecule has 2 rings (SSSR count). The van der Waals surface area contributed by atoms with Crippen molar-refractivity contribution in [2.75, 3.05) is 7.11 Å². The summed E-state index contributed by atoms with van der Waals surface area (Å²) >= 11 is 0. The molecule has 0 N–H and O–H groups in total. The highest BCUT2D eigenvalue weighted by Crippen LogP contribution is 2.26. The normalized spacial score (nSPS) is 10.2. The second-order valence-corrected chi connectivity index (χ2v) is 4.32. The number of Topliss-reactive ketones (excluding diaryl/α,β-unsaturated/α-hetero) is 1. The van der Waals surface area contributed by atoms with Crippen LogP contribution in [0.25, 0.3) is 11.1 Å². The van der Waals surface area contributed by atoms with E-state index in [4.69, 9.17) is 4.74 Å². The van der Waals surface area contributed by atoms with Crippen molar-refractivity contribution < 1.29 is 9.53 Å². The predicted molar refractivity (Wildman–Crippen MR) is 73.2 cm³/mol. The van der Waals surface area contributed by atoms with Crippen LogP contribution in [-0.4, -0.2) is 12.9 Å². The molecule has 2 nitrogen and oxygen atoms in total. The molecule has 0 fully saturated rings. The molecule has 2 aromatic carbocycles. The maximum atomic E-state index is 11.4. The van der Waals surface area contributed by atoms with Crippen molar-refractivity contribution in [2.45, 2.75) is 13.8 Å². The first-order valence-corrected chi connectivity index (χ1v) is 5.88. The Bertz CT molecular complexity index is 585. The fourth-order valence-corrected chi connectivity index (χ4v) is 1.98. The molecule has 2 heteroatoms. The molecule has 0 aliphatic carbocycles. The number of carbonyl (C=O) groups excluding carboxylic acids is 1. The maximum Gasteiger partial charge on any atom is 0.159 e. The first-order chi connectivity index (χ1) is 8.61. The molecule has 0 atom stereocenters. The van der Waals surface area contributed by atoms with E-state index >= 15 is 0 Å². The van der Waals surface area contributed by atoms with Crippen LogP contribution >= 0.6 is 0 Å². The molecule has 0 aliphatic heterocycles. The minimum absolute atomic E-state index is 0.0853. The highest BCUT2D eigenvalue weighted by Gasteiger charge is 2.05. The van der Waals surface area contributed by atoms with Crippen LogP contribution in [0.5, 0.6) is 5.75 Å². The van der Waals surface area contributed by atoms with Gasteiger partial charge in [-0.05, 0) is 48.7 Å². The lowest BCUT2D eigenvalue weighted by molar-refractivity contribution is 0.101. The van der Waals surface area contributed by atoms with Gasteiger partial charge in [0.25, 0.3) is 0 Å². The van der Waals surface area contributed by atoms with Crippen molar-refractivity contribution >= 4 is 5.78 Å². The zero-order valence-electron chi connectivity index (χ0n) is 10.9. The molecule has 0 aromatic heterocycles. The molecule has 2 aromatic rings. The van der Waals surface area contributed by atoms with E-state index in [2.05, 4.69) is 6.07 Å². The smallest absolute Gasteiger partial charge is 0.159 e. The summed E-state index contributed by atoms with van der Waals surface area (Å²) in [4.78, 5) is 11.4. The Kier molecular flexibility index (Phi) is 3.47. The number of ether oxygens (including phenoxy) is 1. The number of rotatable bonds is 3. The Morgan fingerprint density at radius 3 is 2.39 bits per heavy atom. The first-order valence-electron chi connectivity index (χ1n) is 5.88. The molecule has 92 valence electrons. The quantitative estimate of drug-likeness (QED) is 0.761. The van der Waals surface area contributed by atoms with Gasteiger partial charge in [0.15, 0.2) is 5.78 Å². The number of hydrogen-bond acceptors (Lipinski definition) is 2. The molecule has 0 aliphatic rings. The highest BCUT2D eigenvalue weighted by molar-refractivity contribution is 5.95. The van der Waals surface area contributed by atoms with Gasteiger partial charge < -0.3 is 4.74 Å². The van der Waals surface area contributed by atoms with E-state index in [9.17, 15) is 4.79 Å². The van der Waals surface area contributed by atoms with Crippen LogP contribution in [-0.2, 0) is 0 Å². The molecule has 0 unspecified atom stereocenters. The zero-order chi connectivity index (χ0) is 13.1. The van der Waals surface area contributed by atoms with E-state index in [0.29, 0.717) is 0 Å². The number of benzene rings is 2. The SMILES string of the molecule is COc1ccc(-c2cccc(C(C)=O)c2)cc1C. The van der Waals surface area contributed by atoms with E-state index in [1.165, 1.54) is 0 Å². The van der Waals surface area contributed by atoms with Gasteiger partial charge in [-0.25, -0.2) is 0 Å². The molecule has 0 saturated carbocycles. The van der Waals surface area contributed by atoms with Crippen molar-refractivity contribution in [3.8, 4) is 16.9 Å². The summed E-state index contributed by atoms with van der Waals surface area (Å²) in [5, 5.41) is 0. The molecule has 0 amide bonds. The van der Waals surface area contributed by atoms with Crippen LogP contribution in [0.3, 0.4) is 0 Å². The fraction of sp³-hybridized carbons (Fsp3) is 0.188. The van der Waals surface area contributed by atoms with Crippen molar-refractivity contribution in [1.82, 2.24) is 0 Å². The molecule has 0 bridgehead atoms. The summed E-state index contributed by atoms with van der Waals surface area (Å²) < 4.78 is 5.24. The van der Waals surface area contributed by atoms with Gasteiger partial charge in [0.1, 0.15) is 5.75 Å². The molecule has 0 saturated heterocycles. The van der Waals surface area contributed by atoms with E-state index in [-0.39, 0.29) is 5.78 Å². The fourth-order valence-electron chi connectivity index (χ4n) is 1.98. The van der Waals surface area contributed by atoms with Crippen molar-refractivity contribution in [3.05, 3.63) is 53.6 Å². The molecule has 18 heavy (non-hydrogen) atoms. The summed E-state index contributed by atoms with van der Waals surface area (Å²) in [6.45, 7) is 3.59. The summed E-state index contributed by atoms with van der Waals surface area (Å²) in [5.41, 5.74) is 3.97. The Morgan fingerprint density at radius 2 is 1.78 bits per heavy atom. The molecule has 0 radical (unpaired) electrons. The van der Waals surface area contributed by atoms with Crippen LogP contribution in [0.1, 0.15) is 22.8 Å². The topological polar surface area (TPSA) is 26.3 Å². The van der Waals surface area contributed by atoms with Gasteiger partial charge in [0.2, 0.25) is 0 Å². The van der Waals surface area contributed by atoms with Crippen molar-refractivity contribution in [3.63, 3.8) is 0 Å². The largest absolute Gasteiger partial charge is 0.496 e. The third-order valence-corrected chi connectivity index (χ3v) is 3.00. The molecular formula is C16H16O2. The van der Waals surface area contributed by atoms with Gasteiger partial charge in [-0.2, -0.15) is 0 Å². The van der Waals surface area contributed by atoms with Gasteiger partial charge in [0.05, 0.1) is 7.11 Å². The predicted octanol–water partition coefficient (Wildman–Crippen LogP) is 3.87. The summed E-state index contributed by atoms with van der Waals surface area (Å²) in [7, 11) is 1.67. The average molecular weight is 240 g/mol. The Morgan fingerprint density at radius 1 is 1.06 bits per heavy atom. The Hall–Kier alpha value is -2.09. The van der Waals surface area contributed by atoms with Crippen LogP contribution in [0.4, 0.5) is 0 Å². The minimum atomic E-state index is 0.0853. The maximum absolute atomic E-state index is 11.4. The zero-order valence-corrected chi connectivity index (χ0v) is 10.9.